The van der Waals surface area contributed by atoms with Crippen LogP contribution in [0.4, 0.5) is 0 Å². The minimum Gasteiger partial charge on any atom is -0.341 e. The highest BCUT2D eigenvalue weighted by atomic mass is 16.2. The maximum atomic E-state index is 12.2. The van der Waals surface area contributed by atoms with Gasteiger partial charge in [-0.2, -0.15) is 0 Å². The van der Waals surface area contributed by atoms with Crippen molar-refractivity contribution >= 4 is 5.91 Å². The first-order valence-electron chi connectivity index (χ1n) is 6.63. The van der Waals surface area contributed by atoms with E-state index in [1.807, 2.05) is 36.9 Å². The van der Waals surface area contributed by atoms with Gasteiger partial charge in [-0.1, -0.05) is 37.3 Å². The summed E-state index contributed by atoms with van der Waals surface area (Å²) in [6, 6.07) is 10.2. The number of rotatable bonds is 6. The first kappa shape index (κ1) is 14.7. The van der Waals surface area contributed by atoms with E-state index in [2.05, 4.69) is 12.1 Å². The molecule has 1 aromatic carbocycles. The molecule has 3 heteroatoms. The Morgan fingerprint density at radius 3 is 2.39 bits per heavy atom. The van der Waals surface area contributed by atoms with Crippen molar-refractivity contribution in [2.24, 2.45) is 5.73 Å². The molecule has 0 aliphatic heterocycles. The zero-order valence-electron chi connectivity index (χ0n) is 11.6. The SMILES string of the molecule is CCN(CCc1ccccc1)C(=O)C(C)(N)CC. The standard InChI is InChI=1S/C15H24N2O/c1-4-15(3,16)14(18)17(5-2)12-11-13-9-7-6-8-10-13/h6-10H,4-5,11-12,16H2,1-3H3. The third-order valence-corrected chi connectivity index (χ3v) is 3.41. The van der Waals surface area contributed by atoms with Gasteiger partial charge in [0.1, 0.15) is 0 Å². The van der Waals surface area contributed by atoms with E-state index in [1.54, 1.807) is 6.92 Å². The van der Waals surface area contributed by atoms with Gasteiger partial charge in [0, 0.05) is 13.1 Å². The van der Waals surface area contributed by atoms with E-state index in [-0.39, 0.29) is 5.91 Å². The summed E-state index contributed by atoms with van der Waals surface area (Å²) in [6.45, 7) is 7.18. The minimum atomic E-state index is -0.743. The molecular formula is C15H24N2O. The summed E-state index contributed by atoms with van der Waals surface area (Å²) in [7, 11) is 0. The molecule has 2 N–H and O–H groups in total. The third kappa shape index (κ3) is 3.84. The first-order valence-corrected chi connectivity index (χ1v) is 6.63. The van der Waals surface area contributed by atoms with Gasteiger partial charge in [-0.15, -0.1) is 0 Å². The lowest BCUT2D eigenvalue weighted by Crippen LogP contribution is -2.53. The van der Waals surface area contributed by atoms with E-state index in [9.17, 15) is 4.79 Å². The second-order valence-corrected chi connectivity index (χ2v) is 4.89. The number of carbonyl (C=O) groups excluding carboxylic acids is 1. The summed E-state index contributed by atoms with van der Waals surface area (Å²) in [5.74, 6) is 0.0448. The molecule has 1 atom stereocenters. The van der Waals surface area contributed by atoms with E-state index in [0.717, 1.165) is 13.0 Å². The van der Waals surface area contributed by atoms with Crippen LogP contribution in [-0.2, 0) is 11.2 Å². The lowest BCUT2D eigenvalue weighted by atomic mass is 9.98. The second-order valence-electron chi connectivity index (χ2n) is 4.89. The zero-order chi connectivity index (χ0) is 13.6. The Hall–Kier alpha value is -1.35. The molecular weight excluding hydrogens is 224 g/mol. The molecule has 0 radical (unpaired) electrons. The summed E-state index contributed by atoms with van der Waals surface area (Å²) < 4.78 is 0. The van der Waals surface area contributed by atoms with Gasteiger partial charge in [0.05, 0.1) is 5.54 Å². The monoisotopic (exact) mass is 248 g/mol. The fourth-order valence-corrected chi connectivity index (χ4v) is 1.82. The molecule has 0 aliphatic carbocycles. The molecule has 0 heterocycles. The van der Waals surface area contributed by atoms with Crippen LogP contribution in [0, 0.1) is 0 Å². The minimum absolute atomic E-state index is 0.0448. The highest BCUT2D eigenvalue weighted by molar-refractivity contribution is 5.85. The molecule has 1 unspecified atom stereocenters. The van der Waals surface area contributed by atoms with E-state index < -0.39 is 5.54 Å². The molecule has 1 aromatic rings. The number of carbonyl (C=O) groups is 1. The lowest BCUT2D eigenvalue weighted by Gasteiger charge is -2.30. The van der Waals surface area contributed by atoms with Gasteiger partial charge >= 0.3 is 0 Å². The number of nitrogens with zero attached hydrogens (tertiary/aromatic N) is 1. The quantitative estimate of drug-likeness (QED) is 0.839. The van der Waals surface area contributed by atoms with E-state index in [0.29, 0.717) is 13.0 Å². The van der Waals surface area contributed by atoms with E-state index in [1.165, 1.54) is 5.56 Å². The Morgan fingerprint density at radius 1 is 1.28 bits per heavy atom. The molecule has 1 rings (SSSR count). The average molecular weight is 248 g/mol. The highest BCUT2D eigenvalue weighted by Gasteiger charge is 2.29. The van der Waals surface area contributed by atoms with Crippen LogP contribution >= 0.6 is 0 Å². The summed E-state index contributed by atoms with van der Waals surface area (Å²) >= 11 is 0. The van der Waals surface area contributed by atoms with Crippen LogP contribution in [0.15, 0.2) is 30.3 Å². The van der Waals surface area contributed by atoms with Gasteiger partial charge in [-0.25, -0.2) is 0 Å². The van der Waals surface area contributed by atoms with Crippen molar-refractivity contribution in [3.05, 3.63) is 35.9 Å². The van der Waals surface area contributed by atoms with Crippen LogP contribution in [0.1, 0.15) is 32.8 Å². The largest absolute Gasteiger partial charge is 0.341 e. The number of amides is 1. The van der Waals surface area contributed by atoms with Crippen molar-refractivity contribution in [3.8, 4) is 0 Å². The Labute approximate surface area is 110 Å². The topological polar surface area (TPSA) is 46.3 Å². The first-order chi connectivity index (χ1) is 8.51. The molecule has 3 nitrogen and oxygen atoms in total. The number of benzene rings is 1. The molecule has 0 saturated heterocycles. The molecule has 0 bridgehead atoms. The second kappa shape index (κ2) is 6.55. The molecule has 1 amide bonds. The van der Waals surface area contributed by atoms with Gasteiger partial charge in [0.2, 0.25) is 5.91 Å². The van der Waals surface area contributed by atoms with Gasteiger partial charge in [0.25, 0.3) is 0 Å². The van der Waals surface area contributed by atoms with Crippen LogP contribution in [0.3, 0.4) is 0 Å². The van der Waals surface area contributed by atoms with Crippen LogP contribution in [0.5, 0.6) is 0 Å². The van der Waals surface area contributed by atoms with E-state index >= 15 is 0 Å². The lowest BCUT2D eigenvalue weighted by molar-refractivity contribution is -0.136. The van der Waals surface area contributed by atoms with Gasteiger partial charge in [0.15, 0.2) is 0 Å². The number of likely N-dealkylation sites (N-methyl/N-ethyl adjacent to an activating group) is 1. The van der Waals surface area contributed by atoms with Crippen molar-refractivity contribution in [1.29, 1.82) is 0 Å². The van der Waals surface area contributed by atoms with Crippen LogP contribution in [0.2, 0.25) is 0 Å². The predicted octanol–water partition coefficient (Wildman–Crippen LogP) is 2.21. The fraction of sp³-hybridized carbons (Fsp3) is 0.533. The molecule has 100 valence electrons. The summed E-state index contributed by atoms with van der Waals surface area (Å²) in [5.41, 5.74) is 6.52. The van der Waals surface area contributed by atoms with Crippen molar-refractivity contribution in [2.45, 2.75) is 39.2 Å². The Bertz CT molecular complexity index is 373. The van der Waals surface area contributed by atoms with Crippen molar-refractivity contribution in [1.82, 2.24) is 4.90 Å². The third-order valence-electron chi connectivity index (χ3n) is 3.41. The number of hydrogen-bond acceptors (Lipinski definition) is 2. The van der Waals surface area contributed by atoms with Crippen molar-refractivity contribution in [3.63, 3.8) is 0 Å². The summed E-state index contributed by atoms with van der Waals surface area (Å²) in [6.07, 6.45) is 1.54. The van der Waals surface area contributed by atoms with Gasteiger partial charge in [-0.05, 0) is 32.3 Å². The Morgan fingerprint density at radius 2 is 1.89 bits per heavy atom. The predicted molar refractivity (Wildman–Crippen MR) is 75.3 cm³/mol. The van der Waals surface area contributed by atoms with Gasteiger partial charge in [-0.3, -0.25) is 4.79 Å². The Kier molecular flexibility index (Phi) is 5.35. The molecule has 0 spiro atoms. The molecule has 0 fully saturated rings. The fourth-order valence-electron chi connectivity index (χ4n) is 1.82. The van der Waals surface area contributed by atoms with Gasteiger partial charge < -0.3 is 10.6 Å². The smallest absolute Gasteiger partial charge is 0.242 e. The molecule has 0 aliphatic rings. The summed E-state index contributed by atoms with van der Waals surface area (Å²) in [4.78, 5) is 14.1. The highest BCUT2D eigenvalue weighted by Crippen LogP contribution is 2.11. The molecule has 0 aromatic heterocycles. The normalized spacial score (nSPS) is 14.0. The molecule has 0 saturated carbocycles. The van der Waals surface area contributed by atoms with Crippen LogP contribution in [0.25, 0.3) is 0 Å². The summed E-state index contributed by atoms with van der Waals surface area (Å²) in [5, 5.41) is 0. The maximum Gasteiger partial charge on any atom is 0.242 e. The maximum absolute atomic E-state index is 12.2. The number of hydrogen-bond donors (Lipinski definition) is 1. The van der Waals surface area contributed by atoms with Crippen LogP contribution in [-0.4, -0.2) is 29.4 Å². The average Bonchev–Trinajstić information content (AvgIpc) is 2.40. The Balaban J connectivity index is 2.60. The zero-order valence-corrected chi connectivity index (χ0v) is 11.6. The van der Waals surface area contributed by atoms with Crippen molar-refractivity contribution in [2.75, 3.05) is 13.1 Å². The van der Waals surface area contributed by atoms with E-state index in [4.69, 9.17) is 5.73 Å². The van der Waals surface area contributed by atoms with Crippen molar-refractivity contribution < 1.29 is 4.79 Å². The number of nitrogens with two attached hydrogens (primary N) is 1. The van der Waals surface area contributed by atoms with Crippen LogP contribution < -0.4 is 5.73 Å². The molecule has 18 heavy (non-hydrogen) atoms.